The van der Waals surface area contributed by atoms with Crippen molar-refractivity contribution < 1.29 is 4.79 Å². The van der Waals surface area contributed by atoms with Gasteiger partial charge in [0.25, 0.3) is 0 Å². The van der Waals surface area contributed by atoms with Crippen molar-refractivity contribution in [2.45, 2.75) is 38.0 Å². The molecule has 32 heavy (non-hydrogen) atoms. The van der Waals surface area contributed by atoms with E-state index in [0.29, 0.717) is 18.1 Å². The van der Waals surface area contributed by atoms with Gasteiger partial charge in [-0.1, -0.05) is 36.6 Å². The summed E-state index contributed by atoms with van der Waals surface area (Å²) in [4.78, 5) is 31.2. The van der Waals surface area contributed by atoms with Crippen molar-refractivity contribution in [1.29, 1.82) is 0 Å². The van der Waals surface area contributed by atoms with Crippen molar-refractivity contribution in [2.24, 2.45) is 0 Å². The van der Waals surface area contributed by atoms with E-state index in [4.69, 9.17) is 11.6 Å². The number of carbonyl (C=O) groups is 1. The van der Waals surface area contributed by atoms with Crippen molar-refractivity contribution in [2.75, 3.05) is 31.1 Å². The van der Waals surface area contributed by atoms with Crippen molar-refractivity contribution in [1.82, 2.24) is 24.4 Å². The van der Waals surface area contributed by atoms with Gasteiger partial charge in [-0.3, -0.25) is 9.36 Å². The molecule has 3 aromatic rings. The summed E-state index contributed by atoms with van der Waals surface area (Å²) in [5.41, 5.74) is 0.691. The minimum absolute atomic E-state index is 0.259. The zero-order valence-electron chi connectivity index (χ0n) is 18.2. The van der Waals surface area contributed by atoms with E-state index >= 15 is 0 Å². The number of aryl methyl sites for hydroxylation is 1. The van der Waals surface area contributed by atoms with Gasteiger partial charge in [0.2, 0.25) is 5.91 Å². The Hall–Kier alpha value is -2.93. The lowest BCUT2D eigenvalue weighted by Crippen LogP contribution is -2.54. The van der Waals surface area contributed by atoms with Crippen LogP contribution in [0.5, 0.6) is 0 Å². The van der Waals surface area contributed by atoms with Crippen LogP contribution < -0.4 is 4.90 Å². The normalized spacial score (nSPS) is 18.2. The summed E-state index contributed by atoms with van der Waals surface area (Å²) in [6.45, 7) is 4.84. The van der Waals surface area contributed by atoms with Crippen LogP contribution in [-0.2, 0) is 10.2 Å². The molecule has 0 radical (unpaired) electrons. The molecule has 0 N–H and O–H groups in total. The lowest BCUT2D eigenvalue weighted by atomic mass is 9.77. The maximum atomic E-state index is 13.7. The van der Waals surface area contributed by atoms with Crippen LogP contribution >= 0.6 is 11.6 Å². The van der Waals surface area contributed by atoms with Gasteiger partial charge in [0, 0.05) is 49.7 Å². The molecule has 0 spiro atoms. The molecule has 2 aromatic heterocycles. The monoisotopic (exact) mass is 450 g/mol. The number of carbonyl (C=O) groups excluding carboxylic acids is 1. The first-order chi connectivity index (χ1) is 15.6. The Morgan fingerprint density at radius 2 is 1.66 bits per heavy atom. The highest BCUT2D eigenvalue weighted by atomic mass is 35.5. The molecule has 0 bridgehead atoms. The van der Waals surface area contributed by atoms with Crippen molar-refractivity contribution in [3.63, 3.8) is 0 Å². The number of aromatic nitrogens is 4. The molecule has 0 atom stereocenters. The Labute approximate surface area is 193 Å². The number of nitrogens with zero attached hydrogens (tertiary/aromatic N) is 6. The molecule has 1 aliphatic carbocycles. The maximum absolute atomic E-state index is 13.7. The van der Waals surface area contributed by atoms with Crippen LogP contribution in [-0.4, -0.2) is 56.5 Å². The second-order valence-corrected chi connectivity index (χ2v) is 9.09. The molecule has 1 amide bonds. The smallest absolute Gasteiger partial charge is 0.233 e. The molecule has 5 rings (SSSR count). The predicted octanol–water partition coefficient (Wildman–Crippen LogP) is 3.78. The van der Waals surface area contributed by atoms with Crippen molar-refractivity contribution in [3.05, 3.63) is 65.5 Å². The minimum Gasteiger partial charge on any atom is -0.353 e. The molecule has 2 aliphatic rings. The second kappa shape index (κ2) is 8.54. The molecule has 1 saturated carbocycles. The van der Waals surface area contributed by atoms with Crippen LogP contribution in [0.1, 0.15) is 37.1 Å². The average Bonchev–Trinajstić information content (AvgIpc) is 3.49. The van der Waals surface area contributed by atoms with E-state index in [0.717, 1.165) is 61.8 Å². The highest BCUT2D eigenvalue weighted by Crippen LogP contribution is 2.43. The molecule has 3 heterocycles. The highest BCUT2D eigenvalue weighted by Gasteiger charge is 2.45. The van der Waals surface area contributed by atoms with E-state index in [1.807, 2.05) is 52.9 Å². The quantitative estimate of drug-likeness (QED) is 0.605. The Morgan fingerprint density at radius 3 is 2.31 bits per heavy atom. The van der Waals surface area contributed by atoms with E-state index < -0.39 is 5.41 Å². The van der Waals surface area contributed by atoms with Crippen LogP contribution in [0, 0.1) is 6.92 Å². The minimum atomic E-state index is -0.409. The molecule has 2 fully saturated rings. The van der Waals surface area contributed by atoms with Crippen LogP contribution in [0.3, 0.4) is 0 Å². The molecule has 1 aromatic carbocycles. The van der Waals surface area contributed by atoms with Crippen LogP contribution in [0.2, 0.25) is 5.02 Å². The molecular formula is C24H27ClN6O. The molecule has 166 valence electrons. The number of amides is 1. The molecule has 1 aliphatic heterocycles. The lowest BCUT2D eigenvalue weighted by molar-refractivity contribution is -0.137. The predicted molar refractivity (Wildman–Crippen MR) is 124 cm³/mol. The number of anilines is 1. The second-order valence-electron chi connectivity index (χ2n) is 8.65. The van der Waals surface area contributed by atoms with E-state index in [2.05, 4.69) is 19.9 Å². The number of rotatable bonds is 4. The third kappa shape index (κ3) is 3.75. The fourth-order valence-corrected chi connectivity index (χ4v) is 5.20. The van der Waals surface area contributed by atoms with Crippen LogP contribution in [0.25, 0.3) is 5.82 Å². The van der Waals surface area contributed by atoms with E-state index in [1.54, 1.807) is 12.5 Å². The van der Waals surface area contributed by atoms with Gasteiger partial charge in [-0.05, 0) is 37.5 Å². The van der Waals surface area contributed by atoms with E-state index in [-0.39, 0.29) is 5.91 Å². The summed E-state index contributed by atoms with van der Waals surface area (Å²) in [5, 5.41) is 0.707. The first-order valence-electron chi connectivity index (χ1n) is 11.2. The SMILES string of the molecule is Cc1nccn1-c1cc(N2CCN(C(=O)C3(c4ccc(Cl)cc4)CCCC3)CC2)ncn1. The number of imidazole rings is 1. The highest BCUT2D eigenvalue weighted by molar-refractivity contribution is 6.30. The largest absolute Gasteiger partial charge is 0.353 e. The van der Waals surface area contributed by atoms with Gasteiger partial charge < -0.3 is 9.80 Å². The van der Waals surface area contributed by atoms with Gasteiger partial charge in [0.1, 0.15) is 23.8 Å². The number of benzene rings is 1. The zero-order valence-corrected chi connectivity index (χ0v) is 19.0. The van der Waals surface area contributed by atoms with Crippen molar-refractivity contribution in [3.8, 4) is 5.82 Å². The van der Waals surface area contributed by atoms with Gasteiger partial charge in [-0.25, -0.2) is 15.0 Å². The molecule has 0 unspecified atom stereocenters. The lowest BCUT2D eigenvalue weighted by Gasteiger charge is -2.40. The van der Waals surface area contributed by atoms with Crippen LogP contribution in [0.15, 0.2) is 49.1 Å². The summed E-state index contributed by atoms with van der Waals surface area (Å²) in [5.74, 6) is 2.82. The molecule has 7 nitrogen and oxygen atoms in total. The average molecular weight is 451 g/mol. The Kier molecular flexibility index (Phi) is 5.59. The third-order valence-corrected chi connectivity index (χ3v) is 7.12. The standard InChI is InChI=1S/C24H27ClN6O/c1-18-26-10-11-31(18)22-16-21(27-17-28-22)29-12-14-30(15-13-29)23(32)24(8-2-3-9-24)19-4-6-20(25)7-5-19/h4-7,10-11,16-17H,2-3,8-9,12-15H2,1H3. The summed E-state index contributed by atoms with van der Waals surface area (Å²) in [6, 6.07) is 9.84. The third-order valence-electron chi connectivity index (χ3n) is 6.86. The summed E-state index contributed by atoms with van der Waals surface area (Å²) in [7, 11) is 0. The van der Waals surface area contributed by atoms with Gasteiger partial charge in [-0.15, -0.1) is 0 Å². The Morgan fingerprint density at radius 1 is 0.969 bits per heavy atom. The Balaban J connectivity index is 1.31. The van der Waals surface area contributed by atoms with Gasteiger partial charge in [0.05, 0.1) is 5.41 Å². The zero-order chi connectivity index (χ0) is 22.1. The van der Waals surface area contributed by atoms with Crippen molar-refractivity contribution >= 4 is 23.3 Å². The fourth-order valence-electron chi connectivity index (χ4n) is 5.08. The number of halogens is 1. The Bertz CT molecular complexity index is 1100. The summed E-state index contributed by atoms with van der Waals surface area (Å²) in [6.07, 6.45) is 9.25. The fraction of sp³-hybridized carbons (Fsp3) is 0.417. The van der Waals surface area contributed by atoms with E-state index in [1.165, 1.54) is 0 Å². The molecule has 1 saturated heterocycles. The topological polar surface area (TPSA) is 67.2 Å². The first-order valence-corrected chi connectivity index (χ1v) is 11.6. The molecular weight excluding hydrogens is 424 g/mol. The van der Waals surface area contributed by atoms with E-state index in [9.17, 15) is 4.79 Å². The van der Waals surface area contributed by atoms with Gasteiger partial charge in [0.15, 0.2) is 0 Å². The summed E-state index contributed by atoms with van der Waals surface area (Å²) >= 11 is 6.10. The number of hydrogen-bond acceptors (Lipinski definition) is 5. The van der Waals surface area contributed by atoms with Crippen LogP contribution in [0.4, 0.5) is 5.82 Å². The molecule has 8 heteroatoms. The number of piperazine rings is 1. The summed E-state index contributed by atoms with van der Waals surface area (Å²) < 4.78 is 1.95. The first kappa shape index (κ1) is 20.9. The van der Waals surface area contributed by atoms with Gasteiger partial charge in [-0.2, -0.15) is 0 Å². The maximum Gasteiger partial charge on any atom is 0.233 e. The number of hydrogen-bond donors (Lipinski definition) is 0. The van der Waals surface area contributed by atoms with Gasteiger partial charge >= 0.3 is 0 Å².